The van der Waals surface area contributed by atoms with Gasteiger partial charge in [0.1, 0.15) is 17.0 Å². The van der Waals surface area contributed by atoms with Gasteiger partial charge in [-0.15, -0.1) is 0 Å². The fourth-order valence-corrected chi connectivity index (χ4v) is 7.86. The molecule has 2 heterocycles. The molecule has 4 nitrogen and oxygen atoms in total. The van der Waals surface area contributed by atoms with Gasteiger partial charge < -0.3 is 9.73 Å². The van der Waals surface area contributed by atoms with E-state index in [0.29, 0.717) is 5.84 Å². The zero-order valence-corrected chi connectivity index (χ0v) is 29.3. The third-order valence-electron chi connectivity index (χ3n) is 10.6. The van der Waals surface area contributed by atoms with Gasteiger partial charge in [-0.25, -0.2) is 9.98 Å². The maximum absolute atomic E-state index is 6.64. The van der Waals surface area contributed by atoms with E-state index >= 15 is 0 Å². The number of furan rings is 1. The zero-order chi connectivity index (χ0) is 35.4. The van der Waals surface area contributed by atoms with Crippen LogP contribution in [0.15, 0.2) is 190 Å². The number of rotatable bonds is 6. The number of amidine groups is 2. The van der Waals surface area contributed by atoms with E-state index in [9.17, 15) is 0 Å². The molecule has 0 saturated carbocycles. The minimum Gasteiger partial charge on any atom is -0.455 e. The number of benzene rings is 7. The first-order valence-electron chi connectivity index (χ1n) is 18.1. The van der Waals surface area contributed by atoms with Gasteiger partial charge in [0.25, 0.3) is 0 Å². The van der Waals surface area contributed by atoms with Gasteiger partial charge in [0.2, 0.25) is 0 Å². The second-order valence-corrected chi connectivity index (χ2v) is 13.9. The summed E-state index contributed by atoms with van der Waals surface area (Å²) in [5.41, 5.74) is 11.3. The summed E-state index contributed by atoms with van der Waals surface area (Å²) in [5, 5.41) is 8.36. The van der Waals surface area contributed by atoms with E-state index in [0.717, 1.165) is 73.0 Å². The van der Waals surface area contributed by atoms with Gasteiger partial charge in [-0.3, -0.25) is 0 Å². The SMILES string of the molecule is CC1(c2cccc(-c3ccccc3)c2)N=C(c2ccccc2)N=C(c2ccc(-c3cccc4oc5c6ccccc6c(C6=CC=CC6)cc5c34)cc2)N1. The maximum Gasteiger partial charge on any atom is 0.159 e. The Morgan fingerprint density at radius 2 is 1.28 bits per heavy atom. The summed E-state index contributed by atoms with van der Waals surface area (Å²) < 4.78 is 6.64. The molecule has 1 aliphatic carbocycles. The molecular formula is C49H35N3O. The zero-order valence-electron chi connectivity index (χ0n) is 29.3. The molecule has 1 aliphatic heterocycles. The average molecular weight is 682 g/mol. The molecule has 0 amide bonds. The Balaban J connectivity index is 1.07. The smallest absolute Gasteiger partial charge is 0.159 e. The Morgan fingerprint density at radius 3 is 2.06 bits per heavy atom. The highest BCUT2D eigenvalue weighted by molar-refractivity contribution is 6.21. The number of allylic oxidation sites excluding steroid dienone is 4. The molecule has 0 radical (unpaired) electrons. The highest BCUT2D eigenvalue weighted by Crippen LogP contribution is 2.43. The highest BCUT2D eigenvalue weighted by atomic mass is 16.3. The molecule has 7 aromatic carbocycles. The first kappa shape index (κ1) is 31.0. The lowest BCUT2D eigenvalue weighted by molar-refractivity contribution is 0.455. The molecule has 252 valence electrons. The van der Waals surface area contributed by atoms with Crippen LogP contribution in [-0.4, -0.2) is 11.7 Å². The van der Waals surface area contributed by atoms with Crippen molar-refractivity contribution >= 4 is 50.0 Å². The Bertz CT molecular complexity index is 2820. The topological polar surface area (TPSA) is 49.9 Å². The first-order chi connectivity index (χ1) is 26.1. The standard InChI is InChI=1S/C49H35N3O/c1-49(38-21-12-20-37(30-38)32-14-4-2-5-15-32)51-47(35-18-6-3-7-19-35)50-48(52-49)36-28-26-34(27-29-36)39-24-13-25-44-45(39)43-31-42(33-16-8-9-17-33)40-22-10-11-23-41(40)46(43)53-44/h2-16,18-31H,17H2,1H3,(H,50,51,52). The second kappa shape index (κ2) is 12.5. The van der Waals surface area contributed by atoms with Crippen molar-refractivity contribution < 1.29 is 4.42 Å². The Morgan fingerprint density at radius 1 is 0.585 bits per heavy atom. The highest BCUT2D eigenvalue weighted by Gasteiger charge is 2.32. The van der Waals surface area contributed by atoms with Crippen molar-refractivity contribution in [2.75, 3.05) is 0 Å². The first-order valence-corrected chi connectivity index (χ1v) is 18.1. The molecule has 1 unspecified atom stereocenters. The van der Waals surface area contributed by atoms with Crippen LogP contribution in [0.4, 0.5) is 0 Å². The minimum absolute atomic E-state index is 0.696. The average Bonchev–Trinajstić information content (AvgIpc) is 3.90. The fraction of sp³-hybridized carbons (Fsp3) is 0.0612. The van der Waals surface area contributed by atoms with Crippen molar-refractivity contribution in [2.45, 2.75) is 19.0 Å². The molecule has 1 atom stereocenters. The predicted octanol–water partition coefficient (Wildman–Crippen LogP) is 12.1. The van der Waals surface area contributed by atoms with E-state index in [2.05, 4.69) is 164 Å². The van der Waals surface area contributed by atoms with Crippen LogP contribution in [0.25, 0.3) is 60.5 Å². The maximum atomic E-state index is 6.64. The van der Waals surface area contributed by atoms with Crippen LogP contribution in [0.3, 0.4) is 0 Å². The molecule has 10 rings (SSSR count). The van der Waals surface area contributed by atoms with Crippen LogP contribution < -0.4 is 5.32 Å². The molecule has 0 saturated heterocycles. The van der Waals surface area contributed by atoms with Gasteiger partial charge in [0, 0.05) is 27.3 Å². The lowest BCUT2D eigenvalue weighted by atomic mass is 9.92. The van der Waals surface area contributed by atoms with Gasteiger partial charge in [-0.2, -0.15) is 0 Å². The minimum atomic E-state index is -0.752. The van der Waals surface area contributed by atoms with Crippen LogP contribution in [0.2, 0.25) is 0 Å². The second-order valence-electron chi connectivity index (χ2n) is 13.9. The molecule has 1 aromatic heterocycles. The molecular weight excluding hydrogens is 647 g/mol. The number of nitrogens with zero attached hydrogens (tertiary/aromatic N) is 2. The lowest BCUT2D eigenvalue weighted by Crippen LogP contribution is -2.46. The molecule has 8 aromatic rings. The predicted molar refractivity (Wildman–Crippen MR) is 220 cm³/mol. The normalized spacial score (nSPS) is 16.8. The number of hydrogen-bond donors (Lipinski definition) is 1. The summed E-state index contributed by atoms with van der Waals surface area (Å²) in [4.78, 5) is 10.4. The van der Waals surface area contributed by atoms with Gasteiger partial charge >= 0.3 is 0 Å². The van der Waals surface area contributed by atoms with Crippen molar-refractivity contribution in [3.63, 3.8) is 0 Å². The van der Waals surface area contributed by atoms with Crippen LogP contribution >= 0.6 is 0 Å². The summed E-state index contributed by atoms with van der Waals surface area (Å²) in [7, 11) is 0. The number of hydrogen-bond acceptors (Lipinski definition) is 4. The number of aliphatic imine (C=N–C) groups is 2. The summed E-state index contributed by atoms with van der Waals surface area (Å²) in [5.74, 6) is 1.47. The van der Waals surface area contributed by atoms with E-state index in [4.69, 9.17) is 14.4 Å². The molecule has 2 aliphatic rings. The van der Waals surface area contributed by atoms with Gasteiger partial charge in [-0.1, -0.05) is 158 Å². The summed E-state index contributed by atoms with van der Waals surface area (Å²) in [6.07, 6.45) is 7.54. The van der Waals surface area contributed by atoms with Crippen LogP contribution in [0.1, 0.15) is 35.6 Å². The van der Waals surface area contributed by atoms with Crippen LogP contribution in [0, 0.1) is 0 Å². The van der Waals surface area contributed by atoms with Crippen molar-refractivity contribution in [3.8, 4) is 22.3 Å². The summed E-state index contributed by atoms with van der Waals surface area (Å²) in [6.45, 7) is 2.13. The molecule has 0 spiro atoms. The molecule has 0 fully saturated rings. The van der Waals surface area contributed by atoms with E-state index in [1.54, 1.807) is 0 Å². The quantitative estimate of drug-likeness (QED) is 0.190. The van der Waals surface area contributed by atoms with Crippen molar-refractivity contribution in [3.05, 3.63) is 198 Å². The summed E-state index contributed by atoms with van der Waals surface area (Å²) >= 11 is 0. The Kier molecular flexibility index (Phi) is 7.29. The van der Waals surface area contributed by atoms with Crippen LogP contribution in [-0.2, 0) is 5.66 Å². The van der Waals surface area contributed by atoms with Crippen molar-refractivity contribution in [1.29, 1.82) is 0 Å². The van der Waals surface area contributed by atoms with Crippen LogP contribution in [0.5, 0.6) is 0 Å². The fourth-order valence-electron chi connectivity index (χ4n) is 7.86. The Hall–Kier alpha value is -6.78. The summed E-state index contributed by atoms with van der Waals surface area (Å²) in [6, 6.07) is 55.3. The molecule has 0 bridgehead atoms. The Labute approximate surface area is 308 Å². The molecule has 1 N–H and O–H groups in total. The van der Waals surface area contributed by atoms with Crippen molar-refractivity contribution in [2.24, 2.45) is 9.98 Å². The number of nitrogens with one attached hydrogen (secondary N) is 1. The lowest BCUT2D eigenvalue weighted by Gasteiger charge is -2.33. The van der Waals surface area contributed by atoms with Crippen molar-refractivity contribution in [1.82, 2.24) is 5.32 Å². The van der Waals surface area contributed by atoms with E-state index in [1.165, 1.54) is 22.1 Å². The third-order valence-corrected chi connectivity index (χ3v) is 10.6. The van der Waals surface area contributed by atoms with Gasteiger partial charge in [0.05, 0.1) is 0 Å². The third kappa shape index (κ3) is 5.39. The molecule has 4 heteroatoms. The van der Waals surface area contributed by atoms with Gasteiger partial charge in [0.15, 0.2) is 11.5 Å². The monoisotopic (exact) mass is 681 g/mol. The van der Waals surface area contributed by atoms with E-state index < -0.39 is 5.66 Å². The largest absolute Gasteiger partial charge is 0.455 e. The van der Waals surface area contributed by atoms with Gasteiger partial charge in [-0.05, 0) is 75.9 Å². The van der Waals surface area contributed by atoms with E-state index in [-0.39, 0.29) is 0 Å². The number of fused-ring (bicyclic) bond motifs is 5. The molecule has 53 heavy (non-hydrogen) atoms. The van der Waals surface area contributed by atoms with E-state index in [1.807, 2.05) is 24.3 Å².